The second-order valence-electron chi connectivity index (χ2n) is 16.5. The van der Waals surface area contributed by atoms with Gasteiger partial charge in [-0.15, -0.1) is 0 Å². The highest BCUT2D eigenvalue weighted by molar-refractivity contribution is 5.71. The van der Waals surface area contributed by atoms with Gasteiger partial charge in [0.2, 0.25) is 0 Å². The fraction of sp³-hybridized carbons (Fsp3) is 0.936. The lowest BCUT2D eigenvalue weighted by atomic mass is 10.0. The molecule has 0 unspecified atom stereocenters. The molecular formula is C47H90O6. The van der Waals surface area contributed by atoms with Crippen LogP contribution < -0.4 is 0 Å². The molecule has 0 aromatic carbocycles. The van der Waals surface area contributed by atoms with Crippen molar-refractivity contribution in [3.63, 3.8) is 0 Å². The van der Waals surface area contributed by atoms with Gasteiger partial charge < -0.3 is 14.2 Å². The minimum atomic E-state index is -0.758. The molecule has 0 aliphatic rings. The lowest BCUT2D eigenvalue weighted by molar-refractivity contribution is -0.167. The Morgan fingerprint density at radius 1 is 0.358 bits per heavy atom. The first kappa shape index (κ1) is 51.4. The molecule has 0 amide bonds. The molecule has 0 aliphatic heterocycles. The summed E-state index contributed by atoms with van der Waals surface area (Å²) in [5, 5.41) is 0. The van der Waals surface area contributed by atoms with Gasteiger partial charge in [-0.1, -0.05) is 220 Å². The van der Waals surface area contributed by atoms with E-state index in [0.29, 0.717) is 19.3 Å². The van der Waals surface area contributed by atoms with Crippen molar-refractivity contribution in [2.24, 2.45) is 5.92 Å². The molecule has 0 saturated carbocycles. The van der Waals surface area contributed by atoms with Crippen molar-refractivity contribution < 1.29 is 28.6 Å². The first-order valence-corrected chi connectivity index (χ1v) is 23.4. The zero-order valence-electron chi connectivity index (χ0n) is 36.0. The largest absolute Gasteiger partial charge is 0.462 e. The number of carbonyl (C=O) groups is 3. The molecule has 0 N–H and O–H groups in total. The minimum Gasteiger partial charge on any atom is -0.462 e. The zero-order valence-corrected chi connectivity index (χ0v) is 36.0. The predicted octanol–water partition coefficient (Wildman–Crippen LogP) is 14.7. The van der Waals surface area contributed by atoms with Crippen molar-refractivity contribution in [3.05, 3.63) is 0 Å². The molecule has 6 heteroatoms. The van der Waals surface area contributed by atoms with Crippen LogP contribution in [0.25, 0.3) is 0 Å². The summed E-state index contributed by atoms with van der Waals surface area (Å²) in [7, 11) is 0. The fourth-order valence-electron chi connectivity index (χ4n) is 6.98. The normalized spacial score (nSPS) is 11.9. The van der Waals surface area contributed by atoms with E-state index in [4.69, 9.17) is 14.2 Å². The molecule has 0 radical (unpaired) electrons. The van der Waals surface area contributed by atoms with E-state index in [-0.39, 0.29) is 31.1 Å². The quantitative estimate of drug-likeness (QED) is 0.0351. The summed E-state index contributed by atoms with van der Waals surface area (Å²) in [5.74, 6) is -0.0333. The van der Waals surface area contributed by atoms with E-state index in [0.717, 1.165) is 63.7 Å². The molecule has 6 nitrogen and oxygen atoms in total. The highest BCUT2D eigenvalue weighted by Crippen LogP contribution is 2.16. The van der Waals surface area contributed by atoms with Crippen LogP contribution in [-0.2, 0) is 28.6 Å². The number of unbranched alkanes of at least 4 members (excludes halogenated alkanes) is 29. The Kier molecular flexibility index (Phi) is 40.3. The van der Waals surface area contributed by atoms with Gasteiger partial charge in [0.15, 0.2) is 6.10 Å². The van der Waals surface area contributed by atoms with Gasteiger partial charge in [0.1, 0.15) is 13.2 Å². The van der Waals surface area contributed by atoms with E-state index in [9.17, 15) is 14.4 Å². The molecule has 1 atom stereocenters. The van der Waals surface area contributed by atoms with Crippen molar-refractivity contribution >= 4 is 17.9 Å². The Balaban J connectivity index is 4.25. The van der Waals surface area contributed by atoms with E-state index >= 15 is 0 Å². The van der Waals surface area contributed by atoms with Gasteiger partial charge in [-0.25, -0.2) is 0 Å². The molecule has 0 aliphatic carbocycles. The van der Waals surface area contributed by atoms with Crippen molar-refractivity contribution in [2.75, 3.05) is 13.2 Å². The van der Waals surface area contributed by atoms with Crippen LogP contribution >= 0.6 is 0 Å². The van der Waals surface area contributed by atoms with Crippen LogP contribution in [0.3, 0.4) is 0 Å². The van der Waals surface area contributed by atoms with Crippen molar-refractivity contribution in [3.8, 4) is 0 Å². The van der Waals surface area contributed by atoms with Gasteiger partial charge in [0, 0.05) is 19.3 Å². The predicted molar refractivity (Wildman–Crippen MR) is 224 cm³/mol. The van der Waals surface area contributed by atoms with Crippen LogP contribution in [0.2, 0.25) is 0 Å². The molecule has 0 saturated heterocycles. The third-order valence-electron chi connectivity index (χ3n) is 10.5. The van der Waals surface area contributed by atoms with Crippen LogP contribution in [-0.4, -0.2) is 37.2 Å². The van der Waals surface area contributed by atoms with Gasteiger partial charge in [-0.05, 0) is 25.2 Å². The minimum absolute atomic E-state index is 0.0639. The average Bonchev–Trinajstić information content (AvgIpc) is 3.14. The molecule has 314 valence electrons. The topological polar surface area (TPSA) is 78.9 Å². The molecule has 0 aromatic heterocycles. The molecule has 0 spiro atoms. The summed E-state index contributed by atoms with van der Waals surface area (Å²) >= 11 is 0. The van der Waals surface area contributed by atoms with E-state index in [2.05, 4.69) is 27.7 Å². The van der Waals surface area contributed by atoms with Crippen molar-refractivity contribution in [2.45, 2.75) is 265 Å². The number of rotatable bonds is 42. The Labute approximate surface area is 329 Å². The summed E-state index contributed by atoms with van der Waals surface area (Å²) in [6, 6.07) is 0. The Morgan fingerprint density at radius 2 is 0.623 bits per heavy atom. The number of hydrogen-bond acceptors (Lipinski definition) is 6. The number of carbonyl (C=O) groups excluding carboxylic acids is 3. The first-order valence-electron chi connectivity index (χ1n) is 23.4. The summed E-state index contributed by atoms with van der Waals surface area (Å²) in [6.45, 7) is 8.96. The zero-order chi connectivity index (χ0) is 38.9. The smallest absolute Gasteiger partial charge is 0.306 e. The highest BCUT2D eigenvalue weighted by Gasteiger charge is 2.19. The van der Waals surface area contributed by atoms with E-state index < -0.39 is 6.10 Å². The van der Waals surface area contributed by atoms with Crippen LogP contribution in [0.4, 0.5) is 0 Å². The Bertz CT molecular complexity index is 796. The van der Waals surface area contributed by atoms with Gasteiger partial charge >= 0.3 is 17.9 Å². The maximum Gasteiger partial charge on any atom is 0.306 e. The van der Waals surface area contributed by atoms with Crippen molar-refractivity contribution in [1.82, 2.24) is 0 Å². The van der Waals surface area contributed by atoms with E-state index in [1.165, 1.54) is 154 Å². The summed E-state index contributed by atoms with van der Waals surface area (Å²) in [4.78, 5) is 37.6. The molecule has 0 bridgehead atoms. The second kappa shape index (κ2) is 41.6. The average molecular weight is 751 g/mol. The molecular weight excluding hydrogens is 661 g/mol. The maximum absolute atomic E-state index is 12.7. The number of esters is 3. The van der Waals surface area contributed by atoms with Crippen LogP contribution in [0.5, 0.6) is 0 Å². The third kappa shape index (κ3) is 41.4. The number of ether oxygens (including phenoxy) is 3. The molecule has 0 aromatic rings. The van der Waals surface area contributed by atoms with Gasteiger partial charge in [-0.2, -0.15) is 0 Å². The molecule has 0 rings (SSSR count). The van der Waals surface area contributed by atoms with Crippen LogP contribution in [0.1, 0.15) is 259 Å². The molecule has 0 heterocycles. The summed E-state index contributed by atoms with van der Waals surface area (Å²) in [5.41, 5.74) is 0. The molecule has 0 fully saturated rings. The monoisotopic (exact) mass is 751 g/mol. The summed E-state index contributed by atoms with van der Waals surface area (Å²) < 4.78 is 16.7. The SMILES string of the molecule is CCCCCCCCCCCCCCCCC(=O)OC[C@@H](COC(=O)CCCCCCCCC)OC(=O)CCCCCCCCCCCCCC(C)C. The first-order chi connectivity index (χ1) is 25.9. The second-order valence-corrected chi connectivity index (χ2v) is 16.5. The standard InChI is InChI=1S/C47H90O6/c1-5-7-9-11-13-14-15-16-17-20-23-27-31-35-39-46(49)52-42-44(41-51-45(48)38-34-30-25-12-10-8-6-2)53-47(50)40-36-32-28-24-21-18-19-22-26-29-33-37-43(3)4/h43-44H,5-42H2,1-4H3/t44-/m1/s1. The van der Waals surface area contributed by atoms with Crippen LogP contribution in [0, 0.1) is 5.92 Å². The third-order valence-corrected chi connectivity index (χ3v) is 10.5. The van der Waals surface area contributed by atoms with E-state index in [1.54, 1.807) is 0 Å². The van der Waals surface area contributed by atoms with Gasteiger partial charge in [0.05, 0.1) is 0 Å². The van der Waals surface area contributed by atoms with Gasteiger partial charge in [0.25, 0.3) is 0 Å². The van der Waals surface area contributed by atoms with Crippen molar-refractivity contribution in [1.29, 1.82) is 0 Å². The molecule has 53 heavy (non-hydrogen) atoms. The Morgan fingerprint density at radius 3 is 0.925 bits per heavy atom. The lowest BCUT2D eigenvalue weighted by Crippen LogP contribution is -2.30. The number of hydrogen-bond donors (Lipinski definition) is 0. The highest BCUT2D eigenvalue weighted by atomic mass is 16.6. The lowest BCUT2D eigenvalue weighted by Gasteiger charge is -2.18. The van der Waals surface area contributed by atoms with Crippen LogP contribution in [0.15, 0.2) is 0 Å². The summed E-state index contributed by atoms with van der Waals surface area (Å²) in [6.07, 6.45) is 40.9. The van der Waals surface area contributed by atoms with E-state index in [1.807, 2.05) is 0 Å². The Hall–Kier alpha value is -1.59. The fourth-order valence-corrected chi connectivity index (χ4v) is 6.98. The maximum atomic E-state index is 12.7. The van der Waals surface area contributed by atoms with Gasteiger partial charge in [-0.3, -0.25) is 14.4 Å².